The van der Waals surface area contributed by atoms with E-state index < -0.39 is 11.9 Å². The molecule has 3 aromatic heterocycles. The number of hydrogen-bond acceptors (Lipinski definition) is 4. The molecular formula is C18H13F3N4O. The predicted octanol–water partition coefficient (Wildman–Crippen LogP) is 3.24. The number of amides is 1. The minimum Gasteiger partial charge on any atom is -0.334 e. The quantitative estimate of drug-likeness (QED) is 0.670. The van der Waals surface area contributed by atoms with Crippen LogP contribution in [0.3, 0.4) is 0 Å². The molecule has 0 unspecified atom stereocenters. The lowest BCUT2D eigenvalue weighted by atomic mass is 10.0. The summed E-state index contributed by atoms with van der Waals surface area (Å²) >= 11 is 0. The number of pyridine rings is 3. The Balaban J connectivity index is 1.58. The van der Waals surface area contributed by atoms with Crippen LogP contribution in [0, 0.1) is 0 Å². The SMILES string of the molecule is O=C(c1ccc(C(F)(F)F)nc1)N1CCc2nc3ncccc3cc2C1. The number of alkyl halides is 3. The maximum atomic E-state index is 12.6. The standard InChI is InChI=1S/C18H13F3N4O/c19-18(20,21)15-4-3-12(9-23-15)17(26)25-7-5-14-13(10-25)8-11-2-1-6-22-16(11)24-14/h1-4,6,8-9H,5,7,10H2. The number of carbonyl (C=O) groups excluding carboxylic acids is 1. The second-order valence-corrected chi connectivity index (χ2v) is 6.05. The fourth-order valence-electron chi connectivity index (χ4n) is 3.01. The molecule has 0 atom stereocenters. The van der Waals surface area contributed by atoms with Crippen molar-refractivity contribution in [3.8, 4) is 0 Å². The van der Waals surface area contributed by atoms with Gasteiger partial charge in [-0.05, 0) is 35.9 Å². The van der Waals surface area contributed by atoms with Crippen LogP contribution in [-0.4, -0.2) is 32.3 Å². The Morgan fingerprint density at radius 3 is 2.73 bits per heavy atom. The van der Waals surface area contributed by atoms with E-state index in [1.807, 2.05) is 18.2 Å². The summed E-state index contributed by atoms with van der Waals surface area (Å²) in [6.07, 6.45) is -1.30. The molecule has 0 aliphatic carbocycles. The van der Waals surface area contributed by atoms with Crippen LogP contribution in [0.1, 0.15) is 27.3 Å². The van der Waals surface area contributed by atoms with Crippen LogP contribution < -0.4 is 0 Å². The van der Waals surface area contributed by atoms with Crippen molar-refractivity contribution in [2.24, 2.45) is 0 Å². The number of rotatable bonds is 1. The molecule has 0 saturated heterocycles. The second-order valence-electron chi connectivity index (χ2n) is 6.05. The zero-order valence-electron chi connectivity index (χ0n) is 13.5. The third kappa shape index (κ3) is 2.98. The summed E-state index contributed by atoms with van der Waals surface area (Å²) in [5.74, 6) is -0.344. The molecule has 5 nitrogen and oxygen atoms in total. The maximum absolute atomic E-state index is 12.6. The maximum Gasteiger partial charge on any atom is 0.433 e. The summed E-state index contributed by atoms with van der Waals surface area (Å²) < 4.78 is 37.8. The zero-order valence-corrected chi connectivity index (χ0v) is 13.5. The van der Waals surface area contributed by atoms with Crippen LogP contribution in [0.4, 0.5) is 13.2 Å². The Labute approximate surface area is 146 Å². The highest BCUT2D eigenvalue weighted by atomic mass is 19.4. The number of halogens is 3. The number of nitrogens with zero attached hydrogens (tertiary/aromatic N) is 4. The highest BCUT2D eigenvalue weighted by Gasteiger charge is 2.32. The molecule has 1 aliphatic heterocycles. The normalized spacial score (nSPS) is 14.3. The van der Waals surface area contributed by atoms with Gasteiger partial charge in [-0.15, -0.1) is 0 Å². The van der Waals surface area contributed by atoms with Gasteiger partial charge in [0, 0.05) is 43.0 Å². The van der Waals surface area contributed by atoms with Crippen molar-refractivity contribution in [2.45, 2.75) is 19.1 Å². The van der Waals surface area contributed by atoms with Gasteiger partial charge in [-0.25, -0.2) is 9.97 Å². The predicted molar refractivity (Wildman–Crippen MR) is 87.2 cm³/mol. The molecule has 1 amide bonds. The van der Waals surface area contributed by atoms with Crippen LogP contribution in [0.15, 0.2) is 42.7 Å². The van der Waals surface area contributed by atoms with Crippen molar-refractivity contribution in [1.82, 2.24) is 19.9 Å². The van der Waals surface area contributed by atoms with Gasteiger partial charge in [0.2, 0.25) is 0 Å². The Bertz CT molecular complexity index is 986. The molecule has 0 bridgehead atoms. The van der Waals surface area contributed by atoms with Crippen LogP contribution in [0.5, 0.6) is 0 Å². The smallest absolute Gasteiger partial charge is 0.334 e. The van der Waals surface area contributed by atoms with Crippen molar-refractivity contribution in [2.75, 3.05) is 6.54 Å². The number of carbonyl (C=O) groups is 1. The summed E-state index contributed by atoms with van der Waals surface area (Å²) in [6.45, 7) is 0.797. The third-order valence-corrected chi connectivity index (χ3v) is 4.33. The summed E-state index contributed by atoms with van der Waals surface area (Å²) in [6, 6.07) is 7.66. The summed E-state index contributed by atoms with van der Waals surface area (Å²) in [7, 11) is 0. The van der Waals surface area contributed by atoms with E-state index in [1.165, 1.54) is 0 Å². The number of aromatic nitrogens is 3. The van der Waals surface area contributed by atoms with Gasteiger partial charge in [-0.1, -0.05) is 0 Å². The minimum absolute atomic E-state index is 0.136. The van der Waals surface area contributed by atoms with Gasteiger partial charge in [0.1, 0.15) is 5.69 Å². The molecule has 0 spiro atoms. The average Bonchev–Trinajstić information content (AvgIpc) is 2.64. The molecule has 0 aromatic carbocycles. The van der Waals surface area contributed by atoms with E-state index in [0.717, 1.165) is 35.0 Å². The largest absolute Gasteiger partial charge is 0.433 e. The van der Waals surface area contributed by atoms with Gasteiger partial charge >= 0.3 is 6.18 Å². The molecule has 1 aliphatic rings. The third-order valence-electron chi connectivity index (χ3n) is 4.33. The van der Waals surface area contributed by atoms with E-state index in [1.54, 1.807) is 11.1 Å². The Hall–Kier alpha value is -3.03. The molecule has 4 heterocycles. The Kier molecular flexibility index (Phi) is 3.82. The highest BCUT2D eigenvalue weighted by Crippen LogP contribution is 2.28. The minimum atomic E-state index is -4.52. The highest BCUT2D eigenvalue weighted by molar-refractivity contribution is 5.94. The summed E-state index contributed by atoms with van der Waals surface area (Å²) in [4.78, 5) is 26.3. The first-order valence-corrected chi connectivity index (χ1v) is 7.98. The lowest BCUT2D eigenvalue weighted by Crippen LogP contribution is -2.36. The molecule has 4 rings (SSSR count). The summed E-state index contributed by atoms with van der Waals surface area (Å²) in [5.41, 5.74) is 1.60. The molecule has 8 heteroatoms. The molecule has 0 fully saturated rings. The lowest BCUT2D eigenvalue weighted by molar-refractivity contribution is -0.141. The van der Waals surface area contributed by atoms with Crippen molar-refractivity contribution in [3.63, 3.8) is 0 Å². The van der Waals surface area contributed by atoms with Crippen molar-refractivity contribution >= 4 is 16.9 Å². The van der Waals surface area contributed by atoms with Gasteiger partial charge in [0.05, 0.1) is 5.56 Å². The van der Waals surface area contributed by atoms with Gasteiger partial charge in [0.25, 0.3) is 5.91 Å². The molecule has 132 valence electrons. The van der Waals surface area contributed by atoms with Crippen LogP contribution in [0.25, 0.3) is 11.0 Å². The zero-order chi connectivity index (χ0) is 18.3. The Morgan fingerprint density at radius 1 is 1.15 bits per heavy atom. The lowest BCUT2D eigenvalue weighted by Gasteiger charge is -2.28. The van der Waals surface area contributed by atoms with E-state index in [-0.39, 0.29) is 11.5 Å². The van der Waals surface area contributed by atoms with E-state index in [4.69, 9.17) is 0 Å². The van der Waals surface area contributed by atoms with Gasteiger partial charge in [-0.2, -0.15) is 13.2 Å². The molecule has 0 radical (unpaired) electrons. The van der Waals surface area contributed by atoms with Gasteiger partial charge < -0.3 is 4.90 Å². The van der Waals surface area contributed by atoms with Crippen LogP contribution in [0.2, 0.25) is 0 Å². The second kappa shape index (κ2) is 6.05. The fourth-order valence-corrected chi connectivity index (χ4v) is 3.01. The first kappa shape index (κ1) is 16.4. The Morgan fingerprint density at radius 2 is 2.00 bits per heavy atom. The fraction of sp³-hybridized carbons (Fsp3) is 0.222. The average molecular weight is 358 g/mol. The van der Waals surface area contributed by atoms with Crippen molar-refractivity contribution < 1.29 is 18.0 Å². The van der Waals surface area contributed by atoms with Crippen molar-refractivity contribution in [3.05, 3.63) is 65.2 Å². The van der Waals surface area contributed by atoms with Gasteiger partial charge in [-0.3, -0.25) is 9.78 Å². The molecule has 3 aromatic rings. The van der Waals surface area contributed by atoms with E-state index in [9.17, 15) is 18.0 Å². The van der Waals surface area contributed by atoms with E-state index in [2.05, 4.69) is 15.0 Å². The number of fused-ring (bicyclic) bond motifs is 2. The van der Waals surface area contributed by atoms with Crippen LogP contribution >= 0.6 is 0 Å². The van der Waals surface area contributed by atoms with E-state index >= 15 is 0 Å². The first-order chi connectivity index (χ1) is 12.4. The van der Waals surface area contributed by atoms with Crippen molar-refractivity contribution in [1.29, 1.82) is 0 Å². The molecule has 26 heavy (non-hydrogen) atoms. The number of hydrogen-bond donors (Lipinski definition) is 0. The molecular weight excluding hydrogens is 345 g/mol. The summed E-state index contributed by atoms with van der Waals surface area (Å²) in [5, 5.41) is 0.886. The molecule has 0 N–H and O–H groups in total. The van der Waals surface area contributed by atoms with Crippen LogP contribution in [-0.2, 0) is 19.1 Å². The topological polar surface area (TPSA) is 59.0 Å². The first-order valence-electron chi connectivity index (χ1n) is 7.98. The molecule has 0 saturated carbocycles. The van der Waals surface area contributed by atoms with Gasteiger partial charge in [0.15, 0.2) is 5.65 Å². The van der Waals surface area contributed by atoms with E-state index in [0.29, 0.717) is 25.2 Å². The monoisotopic (exact) mass is 358 g/mol.